The van der Waals surface area contributed by atoms with E-state index in [1.54, 1.807) is 16.8 Å². The number of rotatable bonds is 4. The molecule has 6 nitrogen and oxygen atoms in total. The fourth-order valence-corrected chi connectivity index (χ4v) is 2.30. The van der Waals surface area contributed by atoms with Crippen LogP contribution in [-0.4, -0.2) is 14.5 Å². The molecule has 0 amide bonds. The van der Waals surface area contributed by atoms with Gasteiger partial charge in [0.25, 0.3) is 5.69 Å². The Morgan fingerprint density at radius 2 is 2.19 bits per heavy atom. The van der Waals surface area contributed by atoms with Gasteiger partial charge in [0, 0.05) is 29.4 Å². The summed E-state index contributed by atoms with van der Waals surface area (Å²) < 4.78 is 1.75. The molecule has 2 aromatic heterocycles. The average molecular weight is 303 g/mol. The largest absolute Gasteiger partial charge is 0.375 e. The Bertz CT molecular complexity index is 816. The van der Waals surface area contributed by atoms with E-state index < -0.39 is 4.92 Å². The molecule has 0 spiro atoms. The van der Waals surface area contributed by atoms with Gasteiger partial charge in [-0.3, -0.25) is 10.1 Å². The smallest absolute Gasteiger partial charge is 0.292 e. The van der Waals surface area contributed by atoms with Crippen LogP contribution in [-0.2, 0) is 6.54 Å². The molecule has 0 aliphatic carbocycles. The van der Waals surface area contributed by atoms with E-state index in [0.29, 0.717) is 17.3 Å². The van der Waals surface area contributed by atoms with Gasteiger partial charge in [-0.1, -0.05) is 17.7 Å². The van der Waals surface area contributed by atoms with Gasteiger partial charge in [-0.05, 0) is 24.3 Å². The summed E-state index contributed by atoms with van der Waals surface area (Å²) in [6.45, 7) is 0.425. The van der Waals surface area contributed by atoms with E-state index in [4.69, 9.17) is 11.6 Å². The Morgan fingerprint density at radius 1 is 1.33 bits per heavy atom. The molecule has 3 aromatic rings. The highest BCUT2D eigenvalue weighted by Crippen LogP contribution is 2.28. The maximum absolute atomic E-state index is 11.0. The molecular weight excluding hydrogens is 292 g/mol. The number of nitro benzene ring substituents is 1. The van der Waals surface area contributed by atoms with Crippen molar-refractivity contribution in [2.45, 2.75) is 6.54 Å². The minimum Gasteiger partial charge on any atom is -0.375 e. The van der Waals surface area contributed by atoms with Crippen molar-refractivity contribution in [2.24, 2.45) is 0 Å². The monoisotopic (exact) mass is 302 g/mol. The van der Waals surface area contributed by atoms with Gasteiger partial charge in [0.1, 0.15) is 5.69 Å². The van der Waals surface area contributed by atoms with Gasteiger partial charge in [-0.15, -0.1) is 0 Å². The highest BCUT2D eigenvalue weighted by atomic mass is 35.5. The number of aromatic nitrogens is 2. The Labute approximate surface area is 125 Å². The van der Waals surface area contributed by atoms with Crippen LogP contribution in [0.3, 0.4) is 0 Å². The van der Waals surface area contributed by atoms with Crippen LogP contribution in [0.15, 0.2) is 48.8 Å². The normalized spacial score (nSPS) is 10.7. The quantitative estimate of drug-likeness (QED) is 0.591. The van der Waals surface area contributed by atoms with Gasteiger partial charge in [0.15, 0.2) is 0 Å². The van der Waals surface area contributed by atoms with Crippen molar-refractivity contribution in [2.75, 3.05) is 5.32 Å². The van der Waals surface area contributed by atoms with Crippen LogP contribution in [0.4, 0.5) is 11.4 Å². The number of benzene rings is 1. The maximum Gasteiger partial charge on any atom is 0.292 e. The topological polar surface area (TPSA) is 72.5 Å². The Morgan fingerprint density at radius 3 is 3.00 bits per heavy atom. The minimum atomic E-state index is -0.436. The molecule has 0 aliphatic heterocycles. The molecule has 0 aliphatic rings. The summed E-state index contributed by atoms with van der Waals surface area (Å²) in [5.74, 6) is 0. The van der Waals surface area contributed by atoms with Crippen molar-refractivity contribution in [3.05, 3.63) is 69.5 Å². The summed E-state index contributed by atoms with van der Waals surface area (Å²) in [7, 11) is 0. The van der Waals surface area contributed by atoms with Gasteiger partial charge in [0.05, 0.1) is 16.6 Å². The average Bonchev–Trinajstić information content (AvgIpc) is 2.88. The van der Waals surface area contributed by atoms with E-state index in [2.05, 4.69) is 10.4 Å². The van der Waals surface area contributed by atoms with Crippen molar-refractivity contribution in [3.8, 4) is 0 Å². The zero-order valence-corrected chi connectivity index (χ0v) is 11.6. The maximum atomic E-state index is 11.0. The molecule has 21 heavy (non-hydrogen) atoms. The molecule has 106 valence electrons. The highest BCUT2D eigenvalue weighted by Gasteiger charge is 2.14. The number of nitrogens with zero attached hydrogens (tertiary/aromatic N) is 3. The fraction of sp³-hybridized carbons (Fsp3) is 0.0714. The number of hydrogen-bond donors (Lipinski definition) is 1. The molecule has 0 radical (unpaired) electrons. The van der Waals surface area contributed by atoms with E-state index in [0.717, 1.165) is 11.1 Å². The number of hydrogen-bond acceptors (Lipinski definition) is 4. The number of fused-ring (bicyclic) bond motifs is 1. The number of anilines is 1. The van der Waals surface area contributed by atoms with Crippen LogP contribution in [0.2, 0.25) is 5.02 Å². The Hall–Kier alpha value is -2.60. The van der Waals surface area contributed by atoms with E-state index >= 15 is 0 Å². The Balaban J connectivity index is 1.88. The lowest BCUT2D eigenvalue weighted by atomic mass is 10.2. The lowest BCUT2D eigenvalue weighted by molar-refractivity contribution is -0.384. The van der Waals surface area contributed by atoms with Gasteiger partial charge in [-0.2, -0.15) is 5.10 Å². The summed E-state index contributed by atoms with van der Waals surface area (Å²) in [6.07, 6.45) is 3.58. The zero-order valence-electron chi connectivity index (χ0n) is 10.9. The molecule has 2 heterocycles. The van der Waals surface area contributed by atoms with Gasteiger partial charge < -0.3 is 5.32 Å². The van der Waals surface area contributed by atoms with E-state index in [-0.39, 0.29) is 5.69 Å². The number of halogens is 1. The molecule has 0 saturated heterocycles. The number of nitrogens with one attached hydrogen (secondary N) is 1. The fourth-order valence-electron chi connectivity index (χ4n) is 2.12. The van der Waals surface area contributed by atoms with Gasteiger partial charge in [-0.25, -0.2) is 4.52 Å². The summed E-state index contributed by atoms with van der Waals surface area (Å²) in [5, 5.41) is 18.7. The van der Waals surface area contributed by atoms with Crippen LogP contribution in [0.1, 0.15) is 5.56 Å². The molecular formula is C14H11ClN4O2. The zero-order chi connectivity index (χ0) is 14.8. The van der Waals surface area contributed by atoms with Crippen molar-refractivity contribution >= 4 is 28.5 Å². The van der Waals surface area contributed by atoms with E-state index in [1.807, 2.05) is 24.4 Å². The van der Waals surface area contributed by atoms with Crippen molar-refractivity contribution < 1.29 is 4.92 Å². The first kappa shape index (κ1) is 13.4. The predicted octanol–water partition coefficient (Wildman–Crippen LogP) is 3.51. The molecule has 0 unspecified atom stereocenters. The molecule has 0 saturated carbocycles. The van der Waals surface area contributed by atoms with Crippen LogP contribution in [0, 0.1) is 10.1 Å². The standard InChI is InChI=1S/C14H11ClN4O2/c15-11-4-5-14(19(20)21)12(7-11)16-8-10-9-17-18-6-2-1-3-13(10)18/h1-7,9,16H,8H2. The molecule has 0 fully saturated rings. The highest BCUT2D eigenvalue weighted by molar-refractivity contribution is 6.31. The minimum absolute atomic E-state index is 0.00382. The SMILES string of the molecule is O=[N+]([O-])c1ccc(Cl)cc1NCc1cnn2ccccc12. The molecule has 0 bridgehead atoms. The van der Waals surface area contributed by atoms with Gasteiger partial charge >= 0.3 is 0 Å². The second-order valence-corrected chi connectivity index (χ2v) is 4.91. The summed E-state index contributed by atoms with van der Waals surface area (Å²) in [6, 6.07) is 10.2. The first-order valence-electron chi connectivity index (χ1n) is 6.24. The second-order valence-electron chi connectivity index (χ2n) is 4.47. The molecule has 3 rings (SSSR count). The summed E-state index contributed by atoms with van der Waals surface area (Å²) >= 11 is 5.90. The number of pyridine rings is 1. The molecule has 0 atom stereocenters. The summed E-state index contributed by atoms with van der Waals surface area (Å²) in [5.41, 5.74) is 2.29. The first-order chi connectivity index (χ1) is 10.1. The van der Waals surface area contributed by atoms with Crippen molar-refractivity contribution in [1.29, 1.82) is 0 Å². The Kier molecular flexibility index (Phi) is 3.45. The molecule has 7 heteroatoms. The first-order valence-corrected chi connectivity index (χ1v) is 6.62. The van der Waals surface area contributed by atoms with E-state index in [1.165, 1.54) is 12.1 Å². The van der Waals surface area contributed by atoms with Crippen LogP contribution in [0.25, 0.3) is 5.52 Å². The molecule has 1 aromatic carbocycles. The van der Waals surface area contributed by atoms with Crippen LogP contribution >= 0.6 is 11.6 Å². The lowest BCUT2D eigenvalue weighted by Gasteiger charge is -2.06. The third kappa shape index (κ3) is 2.66. The third-order valence-electron chi connectivity index (χ3n) is 3.13. The van der Waals surface area contributed by atoms with Crippen molar-refractivity contribution in [3.63, 3.8) is 0 Å². The third-order valence-corrected chi connectivity index (χ3v) is 3.37. The molecule has 1 N–H and O–H groups in total. The van der Waals surface area contributed by atoms with E-state index in [9.17, 15) is 10.1 Å². The van der Waals surface area contributed by atoms with Crippen molar-refractivity contribution in [1.82, 2.24) is 9.61 Å². The van der Waals surface area contributed by atoms with Crippen LogP contribution < -0.4 is 5.32 Å². The predicted molar refractivity (Wildman–Crippen MR) is 80.6 cm³/mol. The van der Waals surface area contributed by atoms with Crippen LogP contribution in [0.5, 0.6) is 0 Å². The lowest BCUT2D eigenvalue weighted by Crippen LogP contribution is -2.02. The summed E-state index contributed by atoms with van der Waals surface area (Å²) in [4.78, 5) is 10.6. The second kappa shape index (κ2) is 5.41. The number of nitro groups is 1. The van der Waals surface area contributed by atoms with Gasteiger partial charge in [0.2, 0.25) is 0 Å².